The van der Waals surface area contributed by atoms with Crippen LogP contribution < -0.4 is 10.6 Å². The van der Waals surface area contributed by atoms with Crippen LogP contribution in [0.25, 0.3) is 0 Å². The van der Waals surface area contributed by atoms with Gasteiger partial charge in [-0.3, -0.25) is 4.79 Å². The first-order valence-electron chi connectivity index (χ1n) is 10.3. The molecular weight excluding hydrogens is 416 g/mol. The van der Waals surface area contributed by atoms with Crippen molar-refractivity contribution in [1.82, 2.24) is 14.5 Å². The summed E-state index contributed by atoms with van der Waals surface area (Å²) in [6.45, 7) is 2.82. The Kier molecular flexibility index (Phi) is 8.16. The van der Waals surface area contributed by atoms with Crippen molar-refractivity contribution in [2.45, 2.75) is 10.9 Å². The zero-order chi connectivity index (χ0) is 22.3. The van der Waals surface area contributed by atoms with Gasteiger partial charge in [-0.05, 0) is 37.9 Å². The van der Waals surface area contributed by atoms with E-state index in [0.29, 0.717) is 38.5 Å². The lowest BCUT2D eigenvalue weighted by atomic mass is 10.1. The fourth-order valence-corrected chi connectivity index (χ4v) is 4.78. The number of nitrogens with one attached hydrogen (secondary N) is 2. The molecule has 3 rings (SSSR count). The summed E-state index contributed by atoms with van der Waals surface area (Å²) in [4.78, 5) is 15.3. The smallest absolute Gasteiger partial charge is 0.246 e. The maximum Gasteiger partial charge on any atom is 0.246 e. The number of rotatable bonds is 9. The third kappa shape index (κ3) is 6.34. The molecule has 31 heavy (non-hydrogen) atoms. The lowest BCUT2D eigenvalue weighted by Gasteiger charge is -2.26. The average Bonchev–Trinajstić information content (AvgIpc) is 2.78. The molecule has 1 atom stereocenters. The minimum atomic E-state index is -3.64. The standard InChI is InChI=1S/C22H30N4O4S/c1-25(2)12-11-23-21(18-7-4-3-5-8-18)22(27)24-19-9-6-10-20(17-19)31(28,29)26-13-15-30-16-14-26/h3-10,17,21,23H,11-16H2,1-2H3,(H,24,27)/t21-/m0/s1. The van der Waals surface area contributed by atoms with E-state index in [4.69, 9.17) is 4.74 Å². The molecule has 0 aromatic heterocycles. The van der Waals surface area contributed by atoms with Crippen LogP contribution in [0.5, 0.6) is 0 Å². The number of carbonyl (C=O) groups excluding carboxylic acids is 1. The van der Waals surface area contributed by atoms with Crippen LogP contribution in [0.2, 0.25) is 0 Å². The fraction of sp³-hybridized carbons (Fsp3) is 0.409. The summed E-state index contributed by atoms with van der Waals surface area (Å²) in [7, 11) is 0.308. The zero-order valence-corrected chi connectivity index (χ0v) is 18.8. The number of hydrogen-bond acceptors (Lipinski definition) is 6. The molecule has 1 aliphatic heterocycles. The largest absolute Gasteiger partial charge is 0.379 e. The molecule has 2 aromatic rings. The van der Waals surface area contributed by atoms with E-state index in [1.54, 1.807) is 18.2 Å². The van der Waals surface area contributed by atoms with Crippen molar-refractivity contribution in [3.05, 3.63) is 60.2 Å². The number of carbonyl (C=O) groups is 1. The molecule has 0 radical (unpaired) electrons. The van der Waals surface area contributed by atoms with Gasteiger partial charge in [0.15, 0.2) is 0 Å². The third-order valence-electron chi connectivity index (χ3n) is 5.01. The molecule has 1 fully saturated rings. The molecule has 0 saturated carbocycles. The molecule has 1 heterocycles. The summed E-state index contributed by atoms with van der Waals surface area (Å²) in [5, 5.41) is 6.16. The summed E-state index contributed by atoms with van der Waals surface area (Å²) in [6, 6.07) is 15.3. The molecule has 0 spiro atoms. The number of ether oxygens (including phenoxy) is 1. The summed E-state index contributed by atoms with van der Waals surface area (Å²) < 4.78 is 32.5. The van der Waals surface area contributed by atoms with Gasteiger partial charge in [0, 0.05) is 31.9 Å². The van der Waals surface area contributed by atoms with Crippen LogP contribution in [-0.2, 0) is 19.6 Å². The molecule has 1 aliphatic rings. The zero-order valence-electron chi connectivity index (χ0n) is 18.0. The number of nitrogens with zero attached hydrogens (tertiary/aromatic N) is 2. The highest BCUT2D eigenvalue weighted by molar-refractivity contribution is 7.89. The molecule has 1 amide bonds. The minimum absolute atomic E-state index is 0.157. The molecule has 0 unspecified atom stereocenters. The Labute approximate surface area is 184 Å². The highest BCUT2D eigenvalue weighted by atomic mass is 32.2. The van der Waals surface area contributed by atoms with E-state index in [1.165, 1.54) is 10.4 Å². The van der Waals surface area contributed by atoms with Gasteiger partial charge >= 0.3 is 0 Å². The Hall–Kier alpha value is -2.30. The van der Waals surface area contributed by atoms with E-state index < -0.39 is 16.1 Å². The fourth-order valence-electron chi connectivity index (χ4n) is 3.32. The van der Waals surface area contributed by atoms with Crippen LogP contribution in [0.15, 0.2) is 59.5 Å². The number of amides is 1. The first-order chi connectivity index (χ1) is 14.9. The number of hydrogen-bond donors (Lipinski definition) is 2. The predicted molar refractivity (Wildman–Crippen MR) is 120 cm³/mol. The van der Waals surface area contributed by atoms with Crippen molar-refractivity contribution in [1.29, 1.82) is 0 Å². The lowest BCUT2D eigenvalue weighted by Crippen LogP contribution is -2.40. The normalized spacial score (nSPS) is 16.2. The SMILES string of the molecule is CN(C)CCN[C@H](C(=O)Nc1cccc(S(=O)(=O)N2CCOCC2)c1)c1ccccc1. The van der Waals surface area contributed by atoms with Crippen LogP contribution in [-0.4, -0.2) is 77.0 Å². The van der Waals surface area contributed by atoms with Crippen LogP contribution in [0.3, 0.4) is 0 Å². The number of anilines is 1. The van der Waals surface area contributed by atoms with Crippen molar-refractivity contribution in [2.75, 3.05) is 58.8 Å². The van der Waals surface area contributed by atoms with Gasteiger partial charge in [0.25, 0.3) is 0 Å². The van der Waals surface area contributed by atoms with E-state index in [2.05, 4.69) is 10.6 Å². The lowest BCUT2D eigenvalue weighted by molar-refractivity contribution is -0.118. The first kappa shape index (κ1) is 23.4. The highest BCUT2D eigenvalue weighted by Gasteiger charge is 2.27. The Morgan fingerprint density at radius 3 is 2.48 bits per heavy atom. The van der Waals surface area contributed by atoms with Gasteiger partial charge in [-0.15, -0.1) is 0 Å². The Morgan fingerprint density at radius 1 is 1.10 bits per heavy atom. The highest BCUT2D eigenvalue weighted by Crippen LogP contribution is 2.22. The molecule has 2 aromatic carbocycles. The van der Waals surface area contributed by atoms with Crippen LogP contribution in [0, 0.1) is 0 Å². The summed E-state index contributed by atoms with van der Waals surface area (Å²) in [5.41, 5.74) is 1.28. The second-order valence-electron chi connectivity index (χ2n) is 7.63. The molecule has 9 heteroatoms. The Bertz CT molecular complexity index is 960. The van der Waals surface area contributed by atoms with Gasteiger partial charge in [0.2, 0.25) is 15.9 Å². The van der Waals surface area contributed by atoms with Crippen molar-refractivity contribution in [2.24, 2.45) is 0 Å². The monoisotopic (exact) mass is 446 g/mol. The summed E-state index contributed by atoms with van der Waals surface area (Å²) in [6.07, 6.45) is 0. The molecule has 2 N–H and O–H groups in total. The van der Waals surface area contributed by atoms with E-state index in [1.807, 2.05) is 49.3 Å². The molecule has 0 aliphatic carbocycles. The van der Waals surface area contributed by atoms with E-state index in [-0.39, 0.29) is 10.8 Å². The first-order valence-corrected chi connectivity index (χ1v) is 11.7. The van der Waals surface area contributed by atoms with Gasteiger partial charge in [-0.1, -0.05) is 36.4 Å². The summed E-state index contributed by atoms with van der Waals surface area (Å²) in [5.74, 6) is -0.245. The Balaban J connectivity index is 1.76. The topological polar surface area (TPSA) is 91.0 Å². The van der Waals surface area contributed by atoms with Crippen molar-refractivity contribution < 1.29 is 17.9 Å². The second-order valence-corrected chi connectivity index (χ2v) is 9.57. The van der Waals surface area contributed by atoms with Gasteiger partial charge in [0.05, 0.1) is 18.1 Å². The van der Waals surface area contributed by atoms with Crippen molar-refractivity contribution in [3.8, 4) is 0 Å². The van der Waals surface area contributed by atoms with Crippen molar-refractivity contribution >= 4 is 21.6 Å². The van der Waals surface area contributed by atoms with E-state index in [0.717, 1.165) is 12.1 Å². The second kappa shape index (κ2) is 10.8. The van der Waals surface area contributed by atoms with Gasteiger partial charge < -0.3 is 20.3 Å². The maximum atomic E-state index is 13.1. The van der Waals surface area contributed by atoms with Crippen LogP contribution in [0.4, 0.5) is 5.69 Å². The van der Waals surface area contributed by atoms with Crippen LogP contribution in [0.1, 0.15) is 11.6 Å². The number of morpholine rings is 1. The molecular formula is C22H30N4O4S. The molecule has 1 saturated heterocycles. The third-order valence-corrected chi connectivity index (χ3v) is 6.91. The average molecular weight is 447 g/mol. The van der Waals surface area contributed by atoms with Gasteiger partial charge in [-0.25, -0.2) is 8.42 Å². The van der Waals surface area contributed by atoms with E-state index >= 15 is 0 Å². The summed E-state index contributed by atoms with van der Waals surface area (Å²) >= 11 is 0. The predicted octanol–water partition coefficient (Wildman–Crippen LogP) is 1.54. The van der Waals surface area contributed by atoms with Gasteiger partial charge in [0.1, 0.15) is 6.04 Å². The van der Waals surface area contributed by atoms with Crippen LogP contribution >= 0.6 is 0 Å². The molecule has 8 nitrogen and oxygen atoms in total. The minimum Gasteiger partial charge on any atom is -0.379 e. The molecule has 168 valence electrons. The number of sulfonamides is 1. The van der Waals surface area contributed by atoms with Crippen molar-refractivity contribution in [3.63, 3.8) is 0 Å². The van der Waals surface area contributed by atoms with E-state index in [9.17, 15) is 13.2 Å². The number of benzene rings is 2. The number of likely N-dealkylation sites (N-methyl/N-ethyl adjacent to an activating group) is 1. The molecule has 0 bridgehead atoms. The quantitative estimate of drug-likeness (QED) is 0.607. The Morgan fingerprint density at radius 2 is 1.81 bits per heavy atom. The van der Waals surface area contributed by atoms with Gasteiger partial charge in [-0.2, -0.15) is 4.31 Å². The maximum absolute atomic E-state index is 13.1.